The largest absolute Gasteiger partial charge is 0.492 e. The highest BCUT2D eigenvalue weighted by atomic mass is 35.5. The summed E-state index contributed by atoms with van der Waals surface area (Å²) in [4.78, 5) is 79.1. The molecule has 0 spiro atoms. The molecular weight excluding hydrogens is 878 g/mol. The number of nitrogens with zero attached hydrogens (tertiary/aromatic N) is 4. The maximum absolute atomic E-state index is 13.2. The highest BCUT2D eigenvalue weighted by Gasteiger charge is 2.25. The number of carbonyl (C=O) groups is 5. The van der Waals surface area contributed by atoms with Gasteiger partial charge in [-0.3, -0.25) is 35.5 Å². The van der Waals surface area contributed by atoms with Crippen molar-refractivity contribution in [3.05, 3.63) is 40.7 Å². The van der Waals surface area contributed by atoms with Crippen LogP contribution in [0.3, 0.4) is 0 Å². The van der Waals surface area contributed by atoms with Gasteiger partial charge in [-0.25, -0.2) is 24.4 Å². The summed E-state index contributed by atoms with van der Waals surface area (Å²) in [5.74, 6) is -0.811. The highest BCUT2D eigenvalue weighted by molar-refractivity contribution is 6.31. The number of ether oxygens (including phenoxy) is 4. The van der Waals surface area contributed by atoms with Crippen LogP contribution in [0.4, 0.5) is 26.0 Å². The van der Waals surface area contributed by atoms with Crippen molar-refractivity contribution >= 4 is 65.2 Å². The zero-order valence-electron chi connectivity index (χ0n) is 39.7. The first-order valence-electron chi connectivity index (χ1n) is 21.7. The van der Waals surface area contributed by atoms with Gasteiger partial charge in [0.2, 0.25) is 11.9 Å². The molecule has 66 heavy (non-hydrogen) atoms. The minimum atomic E-state index is -0.879. The van der Waals surface area contributed by atoms with Crippen LogP contribution in [0.25, 0.3) is 0 Å². The average Bonchev–Trinajstić information content (AvgIpc) is 3.17. The Morgan fingerprint density at radius 3 is 1.88 bits per heavy atom. The maximum Gasteiger partial charge on any atom is 0.414 e. The van der Waals surface area contributed by atoms with Crippen LogP contribution in [0.5, 0.6) is 5.75 Å². The number of alkyl carbamates (subject to hydrolysis) is 3. The molecule has 1 heterocycles. The molecule has 0 saturated heterocycles. The summed E-state index contributed by atoms with van der Waals surface area (Å²) in [6.45, 7) is 18.0. The molecule has 0 aliphatic heterocycles. The Hall–Kier alpha value is -6.16. The first-order chi connectivity index (χ1) is 30.8. The zero-order valence-corrected chi connectivity index (χ0v) is 40.4. The molecule has 0 aliphatic carbocycles. The van der Waals surface area contributed by atoms with Gasteiger partial charge in [0.15, 0.2) is 28.4 Å². The van der Waals surface area contributed by atoms with Crippen LogP contribution in [0.2, 0.25) is 5.15 Å². The van der Waals surface area contributed by atoms with Crippen LogP contribution >= 0.6 is 11.6 Å². The molecule has 0 radical (unpaired) electrons. The summed E-state index contributed by atoms with van der Waals surface area (Å²) in [5, 5.41) is 16.0. The van der Waals surface area contributed by atoms with E-state index in [0.717, 1.165) is 30.6 Å². The van der Waals surface area contributed by atoms with Gasteiger partial charge in [0.1, 0.15) is 35.2 Å². The van der Waals surface area contributed by atoms with Crippen LogP contribution in [0.15, 0.2) is 34.3 Å². The van der Waals surface area contributed by atoms with Gasteiger partial charge in [0.25, 0.3) is 5.91 Å². The predicted octanol–water partition coefficient (Wildman–Crippen LogP) is 4.31. The Kier molecular flexibility index (Phi) is 23.2. The molecular formula is C43H70ClN13O9. The number of guanidine groups is 2. The zero-order chi connectivity index (χ0) is 49.5. The van der Waals surface area contributed by atoms with E-state index in [1.165, 1.54) is 0 Å². The molecule has 1 aromatic heterocycles. The van der Waals surface area contributed by atoms with Crippen molar-refractivity contribution in [2.24, 2.45) is 15.7 Å². The van der Waals surface area contributed by atoms with E-state index in [4.69, 9.17) is 47.7 Å². The van der Waals surface area contributed by atoms with E-state index in [1.807, 2.05) is 24.3 Å². The number of hydrogen-bond acceptors (Lipinski definition) is 16. The Bertz CT molecular complexity index is 1930. The van der Waals surface area contributed by atoms with Gasteiger partial charge in [-0.1, -0.05) is 23.7 Å². The van der Waals surface area contributed by atoms with Gasteiger partial charge in [0, 0.05) is 26.2 Å². The SMILES string of the molecule is CC(C)(C)OC(=O)NC(=NCCCC[C@H](NC(=O)OC(C)(C)C)C(=O)NCCCNCCOc1ccc(CCCCN=C(N)NC(=O)c2nc(Cl)c(N)nc2N)cc1)NC(=O)OC(C)(C)C. The van der Waals surface area contributed by atoms with Gasteiger partial charge >= 0.3 is 18.3 Å². The predicted molar refractivity (Wildman–Crippen MR) is 253 cm³/mol. The fraction of sp³-hybridized carbons (Fsp3) is 0.605. The number of hydrogen-bond donors (Lipinski definition) is 9. The van der Waals surface area contributed by atoms with Gasteiger partial charge in [-0.2, -0.15) is 0 Å². The molecule has 0 fully saturated rings. The minimum Gasteiger partial charge on any atom is -0.492 e. The van der Waals surface area contributed by atoms with Gasteiger partial charge in [-0.05, 0) is 132 Å². The van der Waals surface area contributed by atoms with E-state index >= 15 is 0 Å². The second-order valence-corrected chi connectivity index (χ2v) is 18.2. The fourth-order valence-corrected chi connectivity index (χ4v) is 5.54. The van der Waals surface area contributed by atoms with Crippen LogP contribution in [0, 0.1) is 0 Å². The summed E-state index contributed by atoms with van der Waals surface area (Å²) in [7, 11) is 0. The number of benzene rings is 1. The number of unbranched alkanes of at least 4 members (excludes halogenated alkanes) is 2. The summed E-state index contributed by atoms with van der Waals surface area (Å²) in [5.41, 5.74) is 15.7. The second-order valence-electron chi connectivity index (χ2n) is 17.9. The first-order valence-corrected chi connectivity index (χ1v) is 22.1. The molecule has 1 aromatic carbocycles. The smallest absolute Gasteiger partial charge is 0.414 e. The minimum absolute atomic E-state index is 0.0796. The molecule has 5 amide bonds. The van der Waals surface area contributed by atoms with E-state index in [1.54, 1.807) is 62.3 Å². The molecule has 0 aliphatic rings. The lowest BCUT2D eigenvalue weighted by molar-refractivity contribution is -0.123. The van der Waals surface area contributed by atoms with Crippen molar-refractivity contribution < 1.29 is 42.9 Å². The number of rotatable bonds is 21. The first kappa shape index (κ1) is 56.0. The summed E-state index contributed by atoms with van der Waals surface area (Å²) < 4.78 is 21.8. The van der Waals surface area contributed by atoms with Crippen LogP contribution in [-0.2, 0) is 25.4 Å². The normalized spacial score (nSPS) is 12.2. The monoisotopic (exact) mass is 948 g/mol. The standard InChI is InChI=1S/C43H70ClN13O9/c1-41(2,3)64-38(60)52-29(16-11-13-23-51-37(56-39(61)65-42(4,5)6)57-40(62)66-43(7,8)9)34(58)49-24-14-21-48-25-26-63-28-19-17-27(18-20-28)15-10-12-22-50-36(47)55-35(59)30-32(45)54-33(46)31(44)53-30/h17-20,29,48H,10-16,21-26H2,1-9H3,(H,49,58)(H,52,60)(H4,45,46,54)(H3,47,50,55,59)(H2,51,56,57,61,62)/t29-/m0/s1. The third-order valence-electron chi connectivity index (χ3n) is 8.23. The molecule has 22 nitrogen and oxygen atoms in total. The number of nitrogen functional groups attached to an aromatic ring is 2. The van der Waals surface area contributed by atoms with Crippen LogP contribution in [0.1, 0.15) is 117 Å². The highest BCUT2D eigenvalue weighted by Crippen LogP contribution is 2.18. The third kappa shape index (κ3) is 25.4. The van der Waals surface area contributed by atoms with Crippen molar-refractivity contribution in [3.63, 3.8) is 0 Å². The average molecular weight is 949 g/mol. The van der Waals surface area contributed by atoms with Crippen molar-refractivity contribution in [2.45, 2.75) is 130 Å². The van der Waals surface area contributed by atoms with E-state index in [-0.39, 0.29) is 53.3 Å². The van der Waals surface area contributed by atoms with Gasteiger partial charge < -0.3 is 52.1 Å². The van der Waals surface area contributed by atoms with E-state index in [0.29, 0.717) is 52.0 Å². The molecule has 1 atom stereocenters. The molecule has 0 saturated carbocycles. The Morgan fingerprint density at radius 2 is 1.27 bits per heavy atom. The number of nitrogens with one attached hydrogen (secondary N) is 6. The van der Waals surface area contributed by atoms with Crippen molar-refractivity contribution in [1.82, 2.24) is 41.9 Å². The number of aromatic nitrogens is 2. The van der Waals surface area contributed by atoms with Crippen LogP contribution < -0.4 is 53.8 Å². The van der Waals surface area contributed by atoms with E-state index < -0.39 is 47.0 Å². The molecule has 23 heteroatoms. The molecule has 12 N–H and O–H groups in total. The van der Waals surface area contributed by atoms with Crippen molar-refractivity contribution in [1.29, 1.82) is 0 Å². The molecule has 368 valence electrons. The molecule has 2 rings (SSSR count). The lowest BCUT2D eigenvalue weighted by Gasteiger charge is -2.23. The Balaban J connectivity index is 1.74. The fourth-order valence-electron chi connectivity index (χ4n) is 5.41. The quantitative estimate of drug-likeness (QED) is 0.0365. The van der Waals surface area contributed by atoms with Crippen molar-refractivity contribution in [3.8, 4) is 5.75 Å². The summed E-state index contributed by atoms with van der Waals surface area (Å²) in [6, 6.07) is 6.94. The molecule has 2 aromatic rings. The number of aryl methyl sites for hydroxylation is 1. The number of amides is 5. The number of anilines is 2. The van der Waals surface area contributed by atoms with Crippen molar-refractivity contribution in [2.75, 3.05) is 50.8 Å². The Labute approximate surface area is 392 Å². The van der Waals surface area contributed by atoms with Crippen LogP contribution in [-0.4, -0.2) is 114 Å². The topological polar surface area (TPSA) is 323 Å². The summed E-state index contributed by atoms with van der Waals surface area (Å²) in [6.07, 6.45) is 1.86. The second kappa shape index (κ2) is 27.3. The summed E-state index contributed by atoms with van der Waals surface area (Å²) >= 11 is 5.83. The number of halogens is 1. The Morgan fingerprint density at radius 1 is 0.697 bits per heavy atom. The number of carbonyl (C=O) groups excluding carboxylic acids is 5. The van der Waals surface area contributed by atoms with E-state index in [2.05, 4.69) is 51.9 Å². The lowest BCUT2D eigenvalue weighted by atomic mass is 10.1. The number of nitrogens with two attached hydrogens (primary N) is 3. The van der Waals surface area contributed by atoms with E-state index in [9.17, 15) is 24.0 Å². The maximum atomic E-state index is 13.2. The third-order valence-corrected chi connectivity index (χ3v) is 8.51. The molecule has 0 unspecified atom stereocenters. The van der Waals surface area contributed by atoms with Gasteiger partial charge in [0.05, 0.1) is 0 Å². The number of aliphatic imine (C=N–C) groups is 2. The van der Waals surface area contributed by atoms with Gasteiger partial charge in [-0.15, -0.1) is 0 Å². The lowest BCUT2D eigenvalue weighted by Crippen LogP contribution is -2.48. The molecule has 0 bridgehead atoms.